The molecule has 2 aromatic rings. The van der Waals surface area contributed by atoms with Crippen LogP contribution in [-0.4, -0.2) is 57.8 Å². The lowest BCUT2D eigenvalue weighted by Gasteiger charge is -2.39. The van der Waals surface area contributed by atoms with Crippen molar-refractivity contribution in [3.8, 4) is 0 Å². The molecule has 0 unspecified atom stereocenters. The van der Waals surface area contributed by atoms with E-state index in [2.05, 4.69) is 20.0 Å². The molecule has 3 heterocycles. The molecule has 2 aromatic heterocycles. The second kappa shape index (κ2) is 7.27. The highest BCUT2D eigenvalue weighted by Crippen LogP contribution is 2.34. The summed E-state index contributed by atoms with van der Waals surface area (Å²) >= 11 is 0. The van der Waals surface area contributed by atoms with E-state index in [4.69, 9.17) is 9.47 Å². The molecular weight excluding hydrogens is 306 g/mol. The highest BCUT2D eigenvalue weighted by atomic mass is 16.5. The van der Waals surface area contributed by atoms with Gasteiger partial charge < -0.3 is 14.4 Å². The van der Waals surface area contributed by atoms with Crippen molar-refractivity contribution in [1.82, 2.24) is 19.7 Å². The second-order valence-electron chi connectivity index (χ2n) is 6.27. The summed E-state index contributed by atoms with van der Waals surface area (Å²) < 4.78 is 14.1. The Kier molecular flexibility index (Phi) is 4.71. The van der Waals surface area contributed by atoms with Crippen molar-refractivity contribution < 1.29 is 9.47 Å². The van der Waals surface area contributed by atoms with Gasteiger partial charge in [0.2, 0.25) is 0 Å². The normalized spacial score (nSPS) is 26.5. The predicted molar refractivity (Wildman–Crippen MR) is 88.7 cm³/mol. The molecular formula is C17H23N5O2. The van der Waals surface area contributed by atoms with E-state index in [-0.39, 0.29) is 12.2 Å². The van der Waals surface area contributed by atoms with E-state index >= 15 is 0 Å². The lowest BCUT2D eigenvalue weighted by molar-refractivity contribution is -0.0724. The summed E-state index contributed by atoms with van der Waals surface area (Å²) in [5.74, 6) is 0.989. The van der Waals surface area contributed by atoms with Gasteiger partial charge in [0.15, 0.2) is 0 Å². The minimum absolute atomic E-state index is 0.137. The molecule has 1 aliphatic heterocycles. The van der Waals surface area contributed by atoms with Crippen molar-refractivity contribution in [2.45, 2.75) is 44.1 Å². The van der Waals surface area contributed by atoms with Crippen LogP contribution in [0, 0.1) is 0 Å². The summed E-state index contributed by atoms with van der Waals surface area (Å²) in [6, 6.07) is 4.27. The highest BCUT2D eigenvalue weighted by molar-refractivity contribution is 5.40. The van der Waals surface area contributed by atoms with Crippen molar-refractivity contribution >= 4 is 5.82 Å². The van der Waals surface area contributed by atoms with E-state index in [0.29, 0.717) is 6.04 Å². The molecule has 0 radical (unpaired) electrons. The van der Waals surface area contributed by atoms with Crippen molar-refractivity contribution in [2.75, 3.05) is 24.7 Å². The minimum Gasteiger partial charge on any atom is -0.375 e. The number of ether oxygens (including phenoxy) is 2. The van der Waals surface area contributed by atoms with Gasteiger partial charge in [0.25, 0.3) is 0 Å². The van der Waals surface area contributed by atoms with Crippen LogP contribution in [0.4, 0.5) is 5.82 Å². The van der Waals surface area contributed by atoms with E-state index in [1.165, 1.54) is 0 Å². The van der Waals surface area contributed by atoms with Gasteiger partial charge in [-0.1, -0.05) is 0 Å². The SMILES string of the molecule is c1cnn(CCCO[C@@H]2CC[C@H]3[C@H]2OCCN3c2ccncn2)c1. The average molecular weight is 329 g/mol. The van der Waals surface area contributed by atoms with Gasteiger partial charge in [-0.2, -0.15) is 5.10 Å². The van der Waals surface area contributed by atoms with Crippen LogP contribution in [0.2, 0.25) is 0 Å². The van der Waals surface area contributed by atoms with Crippen LogP contribution in [0.1, 0.15) is 19.3 Å². The third-order valence-corrected chi connectivity index (χ3v) is 4.82. The maximum absolute atomic E-state index is 6.13. The number of morpholine rings is 1. The topological polar surface area (TPSA) is 65.3 Å². The van der Waals surface area contributed by atoms with Gasteiger partial charge in [-0.05, 0) is 31.4 Å². The van der Waals surface area contributed by atoms with Gasteiger partial charge >= 0.3 is 0 Å². The minimum atomic E-state index is 0.137. The Bertz CT molecular complexity index is 621. The van der Waals surface area contributed by atoms with E-state index in [1.54, 1.807) is 18.7 Å². The third-order valence-electron chi connectivity index (χ3n) is 4.82. The van der Waals surface area contributed by atoms with Gasteiger partial charge in [0.05, 0.1) is 18.8 Å². The summed E-state index contributed by atoms with van der Waals surface area (Å²) in [4.78, 5) is 10.8. The van der Waals surface area contributed by atoms with Crippen molar-refractivity contribution in [2.24, 2.45) is 0 Å². The zero-order valence-electron chi connectivity index (χ0n) is 13.7. The Labute approximate surface area is 141 Å². The average Bonchev–Trinajstić information content (AvgIpc) is 3.29. The Morgan fingerprint density at radius 3 is 3.12 bits per heavy atom. The summed E-state index contributed by atoms with van der Waals surface area (Å²) in [5.41, 5.74) is 0. The maximum Gasteiger partial charge on any atom is 0.132 e. The molecule has 7 heteroatoms. The van der Waals surface area contributed by atoms with Crippen molar-refractivity contribution in [3.63, 3.8) is 0 Å². The molecule has 1 saturated heterocycles. The fourth-order valence-corrected chi connectivity index (χ4v) is 3.73. The van der Waals surface area contributed by atoms with Crippen molar-refractivity contribution in [1.29, 1.82) is 0 Å². The number of aryl methyl sites for hydroxylation is 1. The Hall–Kier alpha value is -1.99. The molecule has 0 aromatic carbocycles. The number of nitrogens with zero attached hydrogens (tertiary/aromatic N) is 5. The fraction of sp³-hybridized carbons (Fsp3) is 0.588. The molecule has 24 heavy (non-hydrogen) atoms. The van der Waals surface area contributed by atoms with Crippen LogP contribution >= 0.6 is 0 Å². The summed E-state index contributed by atoms with van der Waals surface area (Å²) in [6.45, 7) is 3.23. The van der Waals surface area contributed by atoms with E-state index in [1.807, 2.05) is 23.0 Å². The first-order valence-corrected chi connectivity index (χ1v) is 8.65. The summed E-state index contributed by atoms with van der Waals surface area (Å²) in [7, 11) is 0. The van der Waals surface area contributed by atoms with Crippen LogP contribution in [0.15, 0.2) is 37.1 Å². The van der Waals surface area contributed by atoms with Gasteiger partial charge in [-0.15, -0.1) is 0 Å². The first-order valence-electron chi connectivity index (χ1n) is 8.65. The lowest BCUT2D eigenvalue weighted by Crippen LogP contribution is -2.52. The first kappa shape index (κ1) is 15.5. The fourth-order valence-electron chi connectivity index (χ4n) is 3.73. The number of rotatable bonds is 6. The molecule has 0 bridgehead atoms. The molecule has 3 atom stereocenters. The van der Waals surface area contributed by atoms with Gasteiger partial charge in [0.1, 0.15) is 18.2 Å². The second-order valence-corrected chi connectivity index (χ2v) is 6.27. The maximum atomic E-state index is 6.13. The molecule has 1 aliphatic carbocycles. The standard InChI is InChI=1S/C17H23N5O2/c1-6-20-21(8-1)9-2-11-23-15-4-3-14-17(15)24-12-10-22(14)16-5-7-18-13-19-16/h1,5-8,13-15,17H,2-4,9-12H2/t14-,15+,17+/m0/s1. The van der Waals surface area contributed by atoms with Crippen LogP contribution in [0.3, 0.4) is 0 Å². The Balaban J connectivity index is 1.31. The summed E-state index contributed by atoms with van der Waals surface area (Å²) in [6.07, 6.45) is 10.6. The number of hydrogen-bond donors (Lipinski definition) is 0. The van der Waals surface area contributed by atoms with Gasteiger partial charge in [-0.3, -0.25) is 4.68 Å². The smallest absolute Gasteiger partial charge is 0.132 e. The third kappa shape index (κ3) is 3.27. The number of fused-ring (bicyclic) bond motifs is 1. The van der Waals surface area contributed by atoms with E-state index in [0.717, 1.165) is 51.4 Å². The van der Waals surface area contributed by atoms with Crippen LogP contribution in [0.25, 0.3) is 0 Å². The molecule has 0 N–H and O–H groups in total. The van der Waals surface area contributed by atoms with Crippen LogP contribution < -0.4 is 4.90 Å². The lowest BCUT2D eigenvalue weighted by atomic mass is 10.1. The predicted octanol–water partition coefficient (Wildman–Crippen LogP) is 1.52. The Morgan fingerprint density at radius 1 is 1.29 bits per heavy atom. The van der Waals surface area contributed by atoms with Gasteiger partial charge in [0, 0.05) is 38.3 Å². The largest absolute Gasteiger partial charge is 0.375 e. The monoisotopic (exact) mass is 329 g/mol. The van der Waals surface area contributed by atoms with Gasteiger partial charge in [-0.25, -0.2) is 9.97 Å². The zero-order valence-corrected chi connectivity index (χ0v) is 13.7. The Morgan fingerprint density at radius 2 is 2.29 bits per heavy atom. The molecule has 0 amide bonds. The molecule has 0 spiro atoms. The molecule has 128 valence electrons. The zero-order chi connectivity index (χ0) is 16.2. The number of anilines is 1. The number of hydrogen-bond acceptors (Lipinski definition) is 6. The van der Waals surface area contributed by atoms with E-state index in [9.17, 15) is 0 Å². The molecule has 2 aliphatic rings. The van der Waals surface area contributed by atoms with Crippen molar-refractivity contribution in [3.05, 3.63) is 37.1 Å². The molecule has 7 nitrogen and oxygen atoms in total. The molecule has 2 fully saturated rings. The number of aromatic nitrogens is 4. The highest BCUT2D eigenvalue weighted by Gasteiger charge is 2.43. The van der Waals surface area contributed by atoms with Crippen LogP contribution in [0.5, 0.6) is 0 Å². The quantitative estimate of drug-likeness (QED) is 0.749. The molecule has 4 rings (SSSR count). The van der Waals surface area contributed by atoms with Crippen LogP contribution in [-0.2, 0) is 16.0 Å². The van der Waals surface area contributed by atoms with E-state index < -0.39 is 0 Å². The summed E-state index contributed by atoms with van der Waals surface area (Å²) in [5, 5.41) is 4.21. The molecule has 1 saturated carbocycles. The first-order chi connectivity index (χ1) is 11.9.